The zero-order valence-electron chi connectivity index (χ0n) is 56.6. The van der Waals surface area contributed by atoms with Gasteiger partial charge in [0.05, 0.1) is 25.4 Å². The van der Waals surface area contributed by atoms with E-state index in [0.29, 0.717) is 19.4 Å². The van der Waals surface area contributed by atoms with Gasteiger partial charge >= 0.3 is 5.97 Å². The maximum atomic E-state index is 12.5. The lowest BCUT2D eigenvalue weighted by Crippen LogP contribution is -2.45. The van der Waals surface area contributed by atoms with Gasteiger partial charge in [0.25, 0.3) is 0 Å². The molecule has 0 saturated carbocycles. The Bertz CT molecular complexity index is 1400. The normalized spacial score (nSPS) is 12.8. The van der Waals surface area contributed by atoms with E-state index >= 15 is 0 Å². The highest BCUT2D eigenvalue weighted by Crippen LogP contribution is 2.19. The molecule has 0 fully saturated rings. The second-order valence-corrected chi connectivity index (χ2v) is 26.0. The summed E-state index contributed by atoms with van der Waals surface area (Å²) in [7, 11) is 0. The van der Waals surface area contributed by atoms with Crippen molar-refractivity contribution in [1.29, 1.82) is 0 Å². The molecule has 0 radical (unpaired) electrons. The number of allylic oxidation sites excluding steroid dienone is 7. The van der Waals surface area contributed by atoms with Crippen molar-refractivity contribution in [3.8, 4) is 0 Å². The van der Waals surface area contributed by atoms with Gasteiger partial charge < -0.3 is 20.3 Å². The smallest absolute Gasteiger partial charge is 0.305 e. The van der Waals surface area contributed by atoms with E-state index < -0.39 is 12.1 Å². The SMILES string of the molecule is CCCCCC/C=C\C/C=C\CCCCCCCCCC(=O)OCCCCCCCCCCCCCCCC/C=C\CCCCCCCCCCCCCCCCCCCC(=O)NC(CO)C(O)/C=C/CCCCCCCCCCCCCC. The minimum absolute atomic E-state index is 0.0129. The Morgan fingerprint density at radius 3 is 0.929 bits per heavy atom. The summed E-state index contributed by atoms with van der Waals surface area (Å²) in [6, 6.07) is -0.625. The zero-order chi connectivity index (χ0) is 60.6. The highest BCUT2D eigenvalue weighted by Gasteiger charge is 2.18. The first-order chi connectivity index (χ1) is 41.5. The zero-order valence-corrected chi connectivity index (χ0v) is 56.6. The van der Waals surface area contributed by atoms with Crippen LogP contribution < -0.4 is 5.32 Å². The Hall–Kier alpha value is -2.18. The van der Waals surface area contributed by atoms with Crippen LogP contribution in [0.15, 0.2) is 48.6 Å². The molecule has 6 heteroatoms. The minimum atomic E-state index is -0.842. The summed E-state index contributed by atoms with van der Waals surface area (Å²) in [5.74, 6) is -0.0498. The molecule has 0 aromatic heterocycles. The summed E-state index contributed by atoms with van der Waals surface area (Å²) in [6.45, 7) is 4.91. The highest BCUT2D eigenvalue weighted by atomic mass is 16.5. The van der Waals surface area contributed by atoms with Crippen molar-refractivity contribution in [2.24, 2.45) is 0 Å². The molecule has 0 bridgehead atoms. The van der Waals surface area contributed by atoms with Gasteiger partial charge in [0.2, 0.25) is 5.91 Å². The Morgan fingerprint density at radius 1 is 0.333 bits per heavy atom. The van der Waals surface area contributed by atoms with Crippen molar-refractivity contribution in [3.05, 3.63) is 48.6 Å². The molecule has 3 N–H and O–H groups in total. The molecule has 0 aliphatic carbocycles. The fraction of sp³-hybridized carbons (Fsp3) is 0.872. The number of carbonyl (C=O) groups excluding carboxylic acids is 2. The van der Waals surface area contributed by atoms with Crippen molar-refractivity contribution < 1.29 is 24.5 Å². The second-order valence-electron chi connectivity index (χ2n) is 26.0. The van der Waals surface area contributed by atoms with Gasteiger partial charge in [-0.1, -0.05) is 358 Å². The van der Waals surface area contributed by atoms with Gasteiger partial charge in [-0.2, -0.15) is 0 Å². The van der Waals surface area contributed by atoms with Crippen LogP contribution in [0, 0.1) is 0 Å². The monoisotopic (exact) mass is 1180 g/mol. The topological polar surface area (TPSA) is 95.9 Å². The van der Waals surface area contributed by atoms with Crippen molar-refractivity contribution in [3.63, 3.8) is 0 Å². The molecule has 6 nitrogen and oxygen atoms in total. The lowest BCUT2D eigenvalue weighted by molar-refractivity contribution is -0.143. The Morgan fingerprint density at radius 2 is 0.595 bits per heavy atom. The van der Waals surface area contributed by atoms with Gasteiger partial charge in [-0.15, -0.1) is 0 Å². The summed E-state index contributed by atoms with van der Waals surface area (Å²) in [5, 5.41) is 23.2. The molecular weight excluding hydrogens is 1030 g/mol. The van der Waals surface area contributed by atoms with Crippen LogP contribution in [0.4, 0.5) is 0 Å². The van der Waals surface area contributed by atoms with Gasteiger partial charge in [-0.05, 0) is 89.9 Å². The van der Waals surface area contributed by atoms with Crippen LogP contribution in [0.5, 0.6) is 0 Å². The van der Waals surface area contributed by atoms with E-state index in [2.05, 4.69) is 55.6 Å². The maximum Gasteiger partial charge on any atom is 0.305 e. The van der Waals surface area contributed by atoms with E-state index in [4.69, 9.17) is 4.74 Å². The number of hydrogen-bond donors (Lipinski definition) is 3. The number of hydrogen-bond acceptors (Lipinski definition) is 5. The lowest BCUT2D eigenvalue weighted by Gasteiger charge is -2.20. The quantitative estimate of drug-likeness (QED) is 0.0320. The summed E-state index contributed by atoms with van der Waals surface area (Å²) < 4.78 is 5.51. The third-order valence-electron chi connectivity index (χ3n) is 17.6. The molecular formula is C78H147NO5. The number of nitrogens with one attached hydrogen (secondary N) is 1. The summed E-state index contributed by atoms with van der Waals surface area (Å²) in [6.07, 6.45) is 96.5. The van der Waals surface area contributed by atoms with Gasteiger partial charge in [0.1, 0.15) is 0 Å². The number of aliphatic hydroxyl groups excluding tert-OH is 2. The molecule has 0 aromatic carbocycles. The molecule has 0 spiro atoms. The average molecular weight is 1180 g/mol. The Balaban J connectivity index is 3.34. The predicted molar refractivity (Wildman–Crippen MR) is 370 cm³/mol. The molecule has 0 aliphatic rings. The lowest BCUT2D eigenvalue weighted by atomic mass is 10.0. The number of aliphatic hydroxyl groups is 2. The van der Waals surface area contributed by atoms with Crippen molar-refractivity contribution in [1.82, 2.24) is 5.32 Å². The third kappa shape index (κ3) is 68.9. The molecule has 0 heterocycles. The fourth-order valence-corrected chi connectivity index (χ4v) is 11.8. The standard InChI is InChI=1S/C78H147NO5/c1-3-5-7-9-11-13-15-17-19-20-41-44-48-52-56-60-64-68-72-78(83)84-73-69-65-61-57-53-49-45-42-39-37-35-33-31-29-27-25-23-21-22-24-26-28-30-32-34-36-38-40-43-47-51-55-59-63-67-71-77(82)79-75(74-80)76(81)70-66-62-58-54-50-46-18-16-14-12-10-8-6-4-2/h13,15,19-20,23,25,66,70,75-76,80-81H,3-12,14,16-18,21-22,24,26-65,67-69,71-74H2,1-2H3,(H,79,82)/b15-13-,20-19-,25-23-,70-66+. The van der Waals surface area contributed by atoms with Crippen molar-refractivity contribution in [2.75, 3.05) is 13.2 Å². The molecule has 0 aromatic rings. The number of esters is 1. The average Bonchev–Trinajstić information content (AvgIpc) is 3.54. The largest absolute Gasteiger partial charge is 0.466 e. The molecule has 2 atom stereocenters. The van der Waals surface area contributed by atoms with Crippen LogP contribution in [0.2, 0.25) is 0 Å². The van der Waals surface area contributed by atoms with Crippen LogP contribution in [0.1, 0.15) is 412 Å². The summed E-state index contributed by atoms with van der Waals surface area (Å²) >= 11 is 0. The van der Waals surface area contributed by atoms with Crippen LogP contribution in [0.25, 0.3) is 0 Å². The van der Waals surface area contributed by atoms with Gasteiger partial charge in [0.15, 0.2) is 0 Å². The molecule has 84 heavy (non-hydrogen) atoms. The maximum absolute atomic E-state index is 12.5. The first-order valence-corrected chi connectivity index (χ1v) is 37.9. The molecule has 0 saturated heterocycles. The van der Waals surface area contributed by atoms with Crippen molar-refractivity contribution in [2.45, 2.75) is 424 Å². The third-order valence-corrected chi connectivity index (χ3v) is 17.6. The van der Waals surface area contributed by atoms with E-state index in [1.54, 1.807) is 6.08 Å². The number of ether oxygens (including phenoxy) is 1. The second kappa shape index (κ2) is 73.3. The van der Waals surface area contributed by atoms with E-state index in [0.717, 1.165) is 51.4 Å². The molecule has 0 aliphatic heterocycles. The van der Waals surface area contributed by atoms with Crippen LogP contribution in [-0.2, 0) is 14.3 Å². The van der Waals surface area contributed by atoms with E-state index in [9.17, 15) is 19.8 Å². The number of rotatable bonds is 71. The highest BCUT2D eigenvalue weighted by molar-refractivity contribution is 5.76. The van der Waals surface area contributed by atoms with E-state index in [1.807, 2.05) is 6.08 Å². The molecule has 2 unspecified atom stereocenters. The summed E-state index contributed by atoms with van der Waals surface area (Å²) in [4.78, 5) is 24.6. The molecule has 0 rings (SSSR count). The minimum Gasteiger partial charge on any atom is -0.466 e. The Labute approximate surface area is 525 Å². The fourth-order valence-electron chi connectivity index (χ4n) is 11.8. The van der Waals surface area contributed by atoms with Gasteiger partial charge in [-0.3, -0.25) is 9.59 Å². The number of unbranched alkanes of at least 4 members (excludes halogenated alkanes) is 54. The van der Waals surface area contributed by atoms with Crippen LogP contribution in [0.3, 0.4) is 0 Å². The first kappa shape index (κ1) is 81.8. The van der Waals surface area contributed by atoms with Crippen LogP contribution >= 0.6 is 0 Å². The molecule has 1 amide bonds. The van der Waals surface area contributed by atoms with Crippen molar-refractivity contribution >= 4 is 11.9 Å². The first-order valence-electron chi connectivity index (χ1n) is 37.9. The number of carbonyl (C=O) groups is 2. The Kier molecular flexibility index (Phi) is 71.4. The van der Waals surface area contributed by atoms with Gasteiger partial charge in [-0.25, -0.2) is 0 Å². The van der Waals surface area contributed by atoms with E-state index in [1.165, 1.54) is 334 Å². The molecule has 494 valence electrons. The number of amides is 1. The van der Waals surface area contributed by atoms with Crippen LogP contribution in [-0.4, -0.2) is 47.4 Å². The summed E-state index contributed by atoms with van der Waals surface area (Å²) in [5.41, 5.74) is 0. The van der Waals surface area contributed by atoms with Gasteiger partial charge in [0, 0.05) is 12.8 Å². The van der Waals surface area contributed by atoms with E-state index in [-0.39, 0.29) is 18.5 Å². The predicted octanol–water partition coefficient (Wildman–Crippen LogP) is 24.8.